The number of carbonyl (C=O) groups is 1. The van der Waals surface area contributed by atoms with Gasteiger partial charge in [-0.1, -0.05) is 18.2 Å². The number of hydrazone groups is 1. The van der Waals surface area contributed by atoms with Crippen molar-refractivity contribution in [3.8, 4) is 0 Å². The van der Waals surface area contributed by atoms with Crippen molar-refractivity contribution >= 4 is 23.4 Å². The molecule has 0 N–H and O–H groups in total. The van der Waals surface area contributed by atoms with Crippen LogP contribution < -0.4 is 5.01 Å². The predicted molar refractivity (Wildman–Crippen MR) is 104 cm³/mol. The molecular weight excluding hydrogens is 340 g/mol. The number of aryl methyl sites for hydroxylation is 4. The molecule has 0 fully saturated rings. The van der Waals surface area contributed by atoms with Crippen molar-refractivity contribution in [3.63, 3.8) is 0 Å². The third kappa shape index (κ3) is 2.97. The van der Waals surface area contributed by atoms with E-state index in [-0.39, 0.29) is 5.91 Å². The van der Waals surface area contributed by atoms with E-state index in [1.807, 2.05) is 70.4 Å². The molecular formula is C20H20N6O. The highest BCUT2D eigenvalue weighted by Gasteiger charge is 2.33. The number of para-hydroxylation sites is 1. The number of hydrogen-bond donors (Lipinski definition) is 0. The number of hydrogen-bond acceptors (Lipinski definition) is 4. The first kappa shape index (κ1) is 17.0. The summed E-state index contributed by atoms with van der Waals surface area (Å²) in [4.78, 5) is 13.2. The molecule has 136 valence electrons. The summed E-state index contributed by atoms with van der Waals surface area (Å²) in [6, 6.07) is 13.3. The number of aromatic nitrogens is 4. The van der Waals surface area contributed by atoms with Crippen LogP contribution in [0.25, 0.3) is 6.08 Å². The van der Waals surface area contributed by atoms with Gasteiger partial charge in [-0.3, -0.25) is 14.2 Å². The highest BCUT2D eigenvalue weighted by molar-refractivity contribution is 6.37. The summed E-state index contributed by atoms with van der Waals surface area (Å²) in [5.41, 5.74) is 5.21. The van der Waals surface area contributed by atoms with E-state index in [4.69, 9.17) is 0 Å². The van der Waals surface area contributed by atoms with Crippen LogP contribution in [-0.4, -0.2) is 31.2 Å². The van der Waals surface area contributed by atoms with Gasteiger partial charge < -0.3 is 0 Å². The second-order valence-corrected chi connectivity index (χ2v) is 6.59. The van der Waals surface area contributed by atoms with Crippen molar-refractivity contribution in [1.29, 1.82) is 0 Å². The fraction of sp³-hybridized carbons (Fsp3) is 0.200. The molecule has 7 heteroatoms. The summed E-state index contributed by atoms with van der Waals surface area (Å²) in [7, 11) is 3.73. The van der Waals surface area contributed by atoms with E-state index in [2.05, 4.69) is 15.3 Å². The second-order valence-electron chi connectivity index (χ2n) is 6.59. The molecule has 1 aliphatic rings. The van der Waals surface area contributed by atoms with Gasteiger partial charge in [0.15, 0.2) is 0 Å². The molecule has 0 aliphatic carbocycles. The number of amides is 1. The standard InChI is InChI=1S/C20H20N6O/c1-13-10-18(25(4)21-13)19-17(12-15-11-14(2)24(3)22-15)20(27)26(23-19)16-8-6-5-7-9-16/h5-12H,1-4H3. The Morgan fingerprint density at radius 2 is 1.70 bits per heavy atom. The van der Waals surface area contributed by atoms with Crippen LogP contribution in [0.15, 0.2) is 53.1 Å². The fourth-order valence-electron chi connectivity index (χ4n) is 3.12. The van der Waals surface area contributed by atoms with Gasteiger partial charge in [0.25, 0.3) is 5.91 Å². The monoisotopic (exact) mass is 360 g/mol. The van der Waals surface area contributed by atoms with Crippen molar-refractivity contribution in [3.05, 3.63) is 70.8 Å². The molecule has 0 saturated heterocycles. The zero-order chi connectivity index (χ0) is 19.1. The average molecular weight is 360 g/mol. The Morgan fingerprint density at radius 1 is 0.963 bits per heavy atom. The molecule has 0 saturated carbocycles. The summed E-state index contributed by atoms with van der Waals surface area (Å²) in [6.07, 6.45) is 1.79. The van der Waals surface area contributed by atoms with Crippen molar-refractivity contribution < 1.29 is 4.79 Å². The van der Waals surface area contributed by atoms with Crippen molar-refractivity contribution in [1.82, 2.24) is 19.6 Å². The maximum atomic E-state index is 13.2. The summed E-state index contributed by atoms with van der Waals surface area (Å²) in [5, 5.41) is 14.9. The molecule has 3 aromatic rings. The van der Waals surface area contributed by atoms with Crippen LogP contribution in [0.5, 0.6) is 0 Å². The molecule has 1 aromatic carbocycles. The minimum absolute atomic E-state index is 0.182. The van der Waals surface area contributed by atoms with Crippen molar-refractivity contribution in [2.75, 3.05) is 5.01 Å². The smallest absolute Gasteiger partial charge is 0.272 e. The van der Waals surface area contributed by atoms with E-state index in [1.165, 1.54) is 5.01 Å². The third-order valence-electron chi connectivity index (χ3n) is 4.55. The highest BCUT2D eigenvalue weighted by atomic mass is 16.2. The van der Waals surface area contributed by atoms with Crippen molar-refractivity contribution in [2.45, 2.75) is 13.8 Å². The maximum Gasteiger partial charge on any atom is 0.281 e. The summed E-state index contributed by atoms with van der Waals surface area (Å²) >= 11 is 0. The van der Waals surface area contributed by atoms with E-state index in [0.29, 0.717) is 11.3 Å². The van der Waals surface area contributed by atoms with E-state index in [9.17, 15) is 4.79 Å². The Labute approximate surface area is 157 Å². The number of rotatable bonds is 3. The minimum Gasteiger partial charge on any atom is -0.272 e. The van der Waals surface area contributed by atoms with Gasteiger partial charge in [0.2, 0.25) is 0 Å². The molecule has 27 heavy (non-hydrogen) atoms. The molecule has 4 rings (SSSR count). The quantitative estimate of drug-likeness (QED) is 0.674. The predicted octanol–water partition coefficient (Wildman–Crippen LogP) is 2.60. The Bertz CT molecular complexity index is 1070. The molecule has 7 nitrogen and oxygen atoms in total. The molecule has 0 radical (unpaired) electrons. The zero-order valence-corrected chi connectivity index (χ0v) is 15.7. The van der Waals surface area contributed by atoms with Gasteiger partial charge in [0.1, 0.15) is 5.71 Å². The molecule has 0 atom stereocenters. The Hall–Kier alpha value is -3.48. The first-order chi connectivity index (χ1) is 12.9. The molecule has 2 aromatic heterocycles. The lowest BCUT2D eigenvalue weighted by Gasteiger charge is -2.10. The van der Waals surface area contributed by atoms with Crippen LogP contribution in [-0.2, 0) is 18.9 Å². The molecule has 0 bridgehead atoms. The van der Waals surface area contributed by atoms with E-state index < -0.39 is 0 Å². The number of anilines is 1. The Balaban J connectivity index is 1.86. The summed E-state index contributed by atoms with van der Waals surface area (Å²) < 4.78 is 3.53. The van der Waals surface area contributed by atoms with Crippen LogP contribution in [0.4, 0.5) is 5.69 Å². The lowest BCUT2D eigenvalue weighted by molar-refractivity contribution is -0.114. The first-order valence-electron chi connectivity index (χ1n) is 8.66. The van der Waals surface area contributed by atoms with E-state index in [0.717, 1.165) is 28.5 Å². The summed E-state index contributed by atoms with van der Waals surface area (Å²) in [5.74, 6) is -0.182. The average Bonchev–Trinajstić information content (AvgIpc) is 3.25. The van der Waals surface area contributed by atoms with Crippen LogP contribution in [0.2, 0.25) is 0 Å². The number of nitrogens with zero attached hydrogens (tertiary/aromatic N) is 6. The normalized spacial score (nSPS) is 15.7. The third-order valence-corrected chi connectivity index (χ3v) is 4.55. The van der Waals surface area contributed by atoms with Crippen LogP contribution in [0, 0.1) is 13.8 Å². The van der Waals surface area contributed by atoms with Gasteiger partial charge in [-0.15, -0.1) is 0 Å². The first-order valence-corrected chi connectivity index (χ1v) is 8.66. The van der Waals surface area contributed by atoms with E-state index in [1.54, 1.807) is 15.4 Å². The van der Waals surface area contributed by atoms with Crippen LogP contribution in [0.1, 0.15) is 22.8 Å². The van der Waals surface area contributed by atoms with Crippen LogP contribution >= 0.6 is 0 Å². The fourth-order valence-corrected chi connectivity index (χ4v) is 3.12. The zero-order valence-electron chi connectivity index (χ0n) is 15.7. The molecule has 1 aliphatic heterocycles. The van der Waals surface area contributed by atoms with Crippen molar-refractivity contribution in [2.24, 2.45) is 19.2 Å². The molecule has 1 amide bonds. The topological polar surface area (TPSA) is 68.3 Å². The highest BCUT2D eigenvalue weighted by Crippen LogP contribution is 2.27. The molecule has 0 spiro atoms. The summed E-state index contributed by atoms with van der Waals surface area (Å²) in [6.45, 7) is 3.89. The minimum atomic E-state index is -0.182. The van der Waals surface area contributed by atoms with Gasteiger partial charge in [-0.05, 0) is 44.2 Å². The van der Waals surface area contributed by atoms with Gasteiger partial charge in [0, 0.05) is 19.8 Å². The maximum absolute atomic E-state index is 13.2. The number of carbonyl (C=O) groups excluding carboxylic acids is 1. The largest absolute Gasteiger partial charge is 0.281 e. The van der Waals surface area contributed by atoms with Gasteiger partial charge in [0.05, 0.1) is 28.3 Å². The van der Waals surface area contributed by atoms with Crippen LogP contribution in [0.3, 0.4) is 0 Å². The Kier molecular flexibility index (Phi) is 3.99. The number of benzene rings is 1. The van der Waals surface area contributed by atoms with Gasteiger partial charge >= 0.3 is 0 Å². The van der Waals surface area contributed by atoms with Gasteiger partial charge in [-0.25, -0.2) is 0 Å². The molecule has 0 unspecified atom stereocenters. The molecule has 3 heterocycles. The SMILES string of the molecule is Cc1cc(C2=NN(c3ccccc3)C(=O)C2=Cc2cc(C)n(C)n2)n(C)n1. The lowest BCUT2D eigenvalue weighted by atomic mass is 10.1. The Morgan fingerprint density at radius 3 is 2.30 bits per heavy atom. The van der Waals surface area contributed by atoms with Gasteiger partial charge in [-0.2, -0.15) is 20.3 Å². The second kappa shape index (κ2) is 6.35. The van der Waals surface area contributed by atoms with E-state index >= 15 is 0 Å². The lowest BCUT2D eigenvalue weighted by Crippen LogP contribution is -2.21.